The summed E-state index contributed by atoms with van der Waals surface area (Å²) in [5, 5.41) is 0. The van der Waals surface area contributed by atoms with Crippen molar-refractivity contribution < 1.29 is 0 Å². The summed E-state index contributed by atoms with van der Waals surface area (Å²) in [7, 11) is 0. The second-order valence-corrected chi connectivity index (χ2v) is 4.26. The van der Waals surface area contributed by atoms with Gasteiger partial charge in [0.1, 0.15) is 0 Å². The third kappa shape index (κ3) is 1.87. The van der Waals surface area contributed by atoms with E-state index in [0.717, 1.165) is 17.7 Å². The number of nitrogens with one attached hydrogen (secondary N) is 1. The van der Waals surface area contributed by atoms with Gasteiger partial charge in [0.25, 0.3) is 0 Å². The van der Waals surface area contributed by atoms with Crippen LogP contribution >= 0.6 is 12.2 Å². The summed E-state index contributed by atoms with van der Waals surface area (Å²) in [5.74, 6) is 0. The molecule has 0 radical (unpaired) electrons. The lowest BCUT2D eigenvalue weighted by atomic mass is 10.2. The highest BCUT2D eigenvalue weighted by Gasteiger charge is 2.04. The summed E-state index contributed by atoms with van der Waals surface area (Å²) in [4.78, 5) is 7.53. The number of fused-ring (bicyclic) bond motifs is 1. The van der Waals surface area contributed by atoms with E-state index in [-0.39, 0.29) is 0 Å². The van der Waals surface area contributed by atoms with E-state index < -0.39 is 0 Å². The predicted molar refractivity (Wildman–Crippen MR) is 70.5 cm³/mol. The first-order valence-electron chi connectivity index (χ1n) is 5.42. The lowest BCUT2D eigenvalue weighted by Crippen LogP contribution is -2.00. The lowest BCUT2D eigenvalue weighted by Gasteiger charge is -2.03. The van der Waals surface area contributed by atoms with Crippen LogP contribution in [0.2, 0.25) is 0 Å². The standard InChI is InChI=1S/C13H11N3S/c17-13-15-11-7-4-8-14-12(11)16(13)9-10-5-2-1-3-6-10/h1-8H,9H2,(H,15,17). The Morgan fingerprint density at radius 3 is 2.76 bits per heavy atom. The Hall–Kier alpha value is -1.94. The second-order valence-electron chi connectivity index (χ2n) is 3.88. The first kappa shape index (κ1) is 10.2. The summed E-state index contributed by atoms with van der Waals surface area (Å²) >= 11 is 5.32. The topological polar surface area (TPSA) is 33.6 Å². The Morgan fingerprint density at radius 2 is 1.94 bits per heavy atom. The number of hydrogen-bond acceptors (Lipinski definition) is 2. The van der Waals surface area contributed by atoms with Crippen LogP contribution in [0.25, 0.3) is 11.2 Å². The summed E-state index contributed by atoms with van der Waals surface area (Å²) in [5.41, 5.74) is 3.10. The molecule has 2 aromatic heterocycles. The zero-order chi connectivity index (χ0) is 11.7. The third-order valence-corrected chi connectivity index (χ3v) is 3.04. The minimum absolute atomic E-state index is 0.711. The molecule has 0 unspecified atom stereocenters. The number of hydrogen-bond donors (Lipinski definition) is 1. The van der Waals surface area contributed by atoms with E-state index in [1.165, 1.54) is 5.56 Å². The van der Waals surface area contributed by atoms with Gasteiger partial charge in [-0.25, -0.2) is 4.98 Å². The Labute approximate surface area is 104 Å². The second kappa shape index (κ2) is 4.14. The molecular formula is C13H11N3S. The largest absolute Gasteiger partial charge is 0.329 e. The van der Waals surface area contributed by atoms with Gasteiger partial charge in [0, 0.05) is 6.20 Å². The molecule has 3 aromatic rings. The Kier molecular flexibility index (Phi) is 2.49. The molecule has 0 aliphatic rings. The van der Waals surface area contributed by atoms with Crippen LogP contribution in [0.4, 0.5) is 0 Å². The van der Waals surface area contributed by atoms with Gasteiger partial charge in [-0.05, 0) is 29.9 Å². The van der Waals surface area contributed by atoms with Crippen LogP contribution in [0.15, 0.2) is 48.7 Å². The molecule has 2 heterocycles. The molecule has 4 heteroatoms. The number of aromatic amines is 1. The van der Waals surface area contributed by atoms with E-state index in [4.69, 9.17) is 12.2 Å². The summed E-state index contributed by atoms with van der Waals surface area (Å²) in [6.45, 7) is 0.747. The first-order chi connectivity index (χ1) is 8.34. The highest BCUT2D eigenvalue weighted by Crippen LogP contribution is 2.12. The van der Waals surface area contributed by atoms with Crippen LogP contribution in [0, 0.1) is 4.77 Å². The predicted octanol–water partition coefficient (Wildman–Crippen LogP) is 3.14. The zero-order valence-corrected chi connectivity index (χ0v) is 9.95. The van der Waals surface area contributed by atoms with Gasteiger partial charge < -0.3 is 4.98 Å². The maximum absolute atomic E-state index is 5.32. The molecule has 0 aliphatic heterocycles. The van der Waals surface area contributed by atoms with Crippen molar-refractivity contribution in [3.05, 3.63) is 59.0 Å². The van der Waals surface area contributed by atoms with Crippen molar-refractivity contribution >= 4 is 23.4 Å². The summed E-state index contributed by atoms with van der Waals surface area (Å²) in [6, 6.07) is 14.1. The van der Waals surface area contributed by atoms with E-state index in [2.05, 4.69) is 22.1 Å². The van der Waals surface area contributed by atoms with Crippen LogP contribution in [0.3, 0.4) is 0 Å². The van der Waals surface area contributed by atoms with Gasteiger partial charge >= 0.3 is 0 Å². The third-order valence-electron chi connectivity index (χ3n) is 2.71. The summed E-state index contributed by atoms with van der Waals surface area (Å²) < 4.78 is 2.72. The molecule has 0 bridgehead atoms. The maximum Gasteiger partial charge on any atom is 0.179 e. The molecule has 0 saturated heterocycles. The smallest absolute Gasteiger partial charge is 0.179 e. The Bertz CT molecular complexity index is 697. The van der Waals surface area contributed by atoms with Gasteiger partial charge in [-0.3, -0.25) is 4.57 Å². The van der Waals surface area contributed by atoms with Crippen molar-refractivity contribution in [1.82, 2.24) is 14.5 Å². The highest BCUT2D eigenvalue weighted by atomic mass is 32.1. The molecular weight excluding hydrogens is 230 g/mol. The van der Waals surface area contributed by atoms with Crippen LogP contribution in [0.1, 0.15) is 5.56 Å². The van der Waals surface area contributed by atoms with Crippen molar-refractivity contribution in [1.29, 1.82) is 0 Å². The van der Waals surface area contributed by atoms with Gasteiger partial charge in [-0.15, -0.1) is 0 Å². The monoisotopic (exact) mass is 241 g/mol. The minimum Gasteiger partial charge on any atom is -0.329 e. The normalized spacial score (nSPS) is 10.8. The lowest BCUT2D eigenvalue weighted by molar-refractivity contribution is 0.801. The number of pyridine rings is 1. The van der Waals surface area contributed by atoms with Crippen molar-refractivity contribution in [3.63, 3.8) is 0 Å². The first-order valence-corrected chi connectivity index (χ1v) is 5.83. The average molecular weight is 241 g/mol. The zero-order valence-electron chi connectivity index (χ0n) is 9.13. The molecule has 0 amide bonds. The van der Waals surface area contributed by atoms with Gasteiger partial charge in [-0.1, -0.05) is 30.3 Å². The van der Waals surface area contributed by atoms with Gasteiger partial charge in [0.05, 0.1) is 12.1 Å². The van der Waals surface area contributed by atoms with Crippen molar-refractivity contribution in [2.24, 2.45) is 0 Å². The number of nitrogens with zero attached hydrogens (tertiary/aromatic N) is 2. The quantitative estimate of drug-likeness (QED) is 0.699. The van der Waals surface area contributed by atoms with Crippen LogP contribution < -0.4 is 0 Å². The van der Waals surface area contributed by atoms with Gasteiger partial charge in [0.15, 0.2) is 10.4 Å². The fraction of sp³-hybridized carbons (Fsp3) is 0.0769. The molecule has 0 atom stereocenters. The maximum atomic E-state index is 5.32. The number of aromatic nitrogens is 3. The van der Waals surface area contributed by atoms with Crippen LogP contribution in [-0.4, -0.2) is 14.5 Å². The molecule has 17 heavy (non-hydrogen) atoms. The average Bonchev–Trinajstić information content (AvgIpc) is 2.68. The van der Waals surface area contributed by atoms with E-state index in [1.807, 2.05) is 34.9 Å². The number of benzene rings is 1. The fourth-order valence-corrected chi connectivity index (χ4v) is 2.16. The van der Waals surface area contributed by atoms with Crippen molar-refractivity contribution in [3.8, 4) is 0 Å². The van der Waals surface area contributed by atoms with E-state index in [0.29, 0.717) is 4.77 Å². The number of imidazole rings is 1. The van der Waals surface area contributed by atoms with Crippen LogP contribution in [0.5, 0.6) is 0 Å². The Morgan fingerprint density at radius 1 is 1.12 bits per heavy atom. The SMILES string of the molecule is S=c1[nH]c2cccnc2n1Cc1ccccc1. The van der Waals surface area contributed by atoms with Gasteiger partial charge in [0.2, 0.25) is 0 Å². The summed E-state index contributed by atoms with van der Waals surface area (Å²) in [6.07, 6.45) is 1.78. The van der Waals surface area contributed by atoms with E-state index >= 15 is 0 Å². The van der Waals surface area contributed by atoms with Gasteiger partial charge in [-0.2, -0.15) is 0 Å². The van der Waals surface area contributed by atoms with Crippen molar-refractivity contribution in [2.75, 3.05) is 0 Å². The molecule has 3 nitrogen and oxygen atoms in total. The van der Waals surface area contributed by atoms with E-state index in [1.54, 1.807) is 6.20 Å². The molecule has 0 saturated carbocycles. The van der Waals surface area contributed by atoms with Crippen molar-refractivity contribution in [2.45, 2.75) is 6.54 Å². The number of H-pyrrole nitrogens is 1. The number of rotatable bonds is 2. The minimum atomic E-state index is 0.711. The molecule has 1 N–H and O–H groups in total. The molecule has 0 aliphatic carbocycles. The Balaban J connectivity index is 2.12. The molecule has 3 rings (SSSR count). The molecule has 84 valence electrons. The fourth-order valence-electron chi connectivity index (χ4n) is 1.90. The molecule has 1 aromatic carbocycles. The molecule has 0 spiro atoms. The van der Waals surface area contributed by atoms with E-state index in [9.17, 15) is 0 Å². The molecule has 0 fully saturated rings. The highest BCUT2D eigenvalue weighted by molar-refractivity contribution is 7.71. The van der Waals surface area contributed by atoms with Crippen LogP contribution in [-0.2, 0) is 6.54 Å².